The first-order valence-electron chi connectivity index (χ1n) is 10.6. The molecule has 0 rings (SSSR count). The van der Waals surface area contributed by atoms with Gasteiger partial charge in [-0.15, -0.1) is 0 Å². The number of hydrogen-bond acceptors (Lipinski definition) is 2. The summed E-state index contributed by atoms with van der Waals surface area (Å²) < 4.78 is 0. The van der Waals surface area contributed by atoms with Crippen molar-refractivity contribution in [3.05, 3.63) is 0 Å². The third kappa shape index (κ3) is 18.1. The summed E-state index contributed by atoms with van der Waals surface area (Å²) in [4.78, 5) is 11.0. The van der Waals surface area contributed by atoms with Crippen LogP contribution < -0.4 is 0 Å². The molecule has 2 heteroatoms. The summed E-state index contributed by atoms with van der Waals surface area (Å²) in [6.07, 6.45) is 21.4. The van der Waals surface area contributed by atoms with Gasteiger partial charge < -0.3 is 0 Å². The molecule has 0 aliphatic rings. The highest BCUT2D eigenvalue weighted by molar-refractivity contribution is 4.58. The predicted octanol–water partition coefficient (Wildman–Crippen LogP) is 7.60. The SMILES string of the molecule is CCCCCCCCCCCCC(CCCC)OOCCCC. The predicted molar refractivity (Wildman–Crippen MR) is 102 cm³/mol. The van der Waals surface area contributed by atoms with Crippen molar-refractivity contribution in [1.29, 1.82) is 0 Å². The van der Waals surface area contributed by atoms with Gasteiger partial charge in [0, 0.05) is 0 Å². The van der Waals surface area contributed by atoms with Crippen LogP contribution in [0.15, 0.2) is 0 Å². The molecule has 1 atom stereocenters. The van der Waals surface area contributed by atoms with Gasteiger partial charge in [0.1, 0.15) is 0 Å². The first-order valence-corrected chi connectivity index (χ1v) is 10.6. The molecule has 0 saturated carbocycles. The van der Waals surface area contributed by atoms with E-state index in [0.717, 1.165) is 19.4 Å². The van der Waals surface area contributed by atoms with Crippen LogP contribution in [-0.2, 0) is 9.78 Å². The molecule has 0 heterocycles. The molecule has 2 nitrogen and oxygen atoms in total. The second-order valence-corrected chi connectivity index (χ2v) is 7.01. The minimum Gasteiger partial charge on any atom is -0.236 e. The van der Waals surface area contributed by atoms with E-state index >= 15 is 0 Å². The molecule has 0 radical (unpaired) electrons. The van der Waals surface area contributed by atoms with Gasteiger partial charge in [-0.3, -0.25) is 0 Å². The molecule has 0 aromatic rings. The van der Waals surface area contributed by atoms with Gasteiger partial charge in [0.2, 0.25) is 0 Å². The van der Waals surface area contributed by atoms with Crippen molar-refractivity contribution in [3.8, 4) is 0 Å². The topological polar surface area (TPSA) is 18.5 Å². The van der Waals surface area contributed by atoms with Crippen LogP contribution >= 0.6 is 0 Å². The standard InChI is InChI=1S/C21H44O2/c1-4-7-10-11-12-13-14-15-16-17-19-21(18-8-5-2)23-22-20-9-6-3/h21H,4-20H2,1-3H3. The Bertz CT molecular complexity index is 206. The van der Waals surface area contributed by atoms with Crippen LogP contribution in [0, 0.1) is 0 Å². The maximum atomic E-state index is 5.63. The van der Waals surface area contributed by atoms with Crippen molar-refractivity contribution >= 4 is 0 Å². The van der Waals surface area contributed by atoms with Crippen molar-refractivity contribution in [2.45, 2.75) is 130 Å². The number of rotatable bonds is 19. The zero-order valence-electron chi connectivity index (χ0n) is 16.4. The molecular weight excluding hydrogens is 284 g/mol. The Morgan fingerprint density at radius 1 is 0.522 bits per heavy atom. The Morgan fingerprint density at radius 2 is 1.00 bits per heavy atom. The minimum absolute atomic E-state index is 0.320. The zero-order chi connectivity index (χ0) is 17.0. The molecule has 0 fully saturated rings. The van der Waals surface area contributed by atoms with Crippen LogP contribution in [0.2, 0.25) is 0 Å². The fourth-order valence-corrected chi connectivity index (χ4v) is 2.88. The molecule has 0 saturated heterocycles. The Labute approximate surface area is 146 Å². The third-order valence-electron chi connectivity index (χ3n) is 4.54. The molecule has 0 amide bonds. The van der Waals surface area contributed by atoms with Crippen LogP contribution in [0.3, 0.4) is 0 Å². The van der Waals surface area contributed by atoms with Gasteiger partial charge in [0.05, 0.1) is 12.7 Å². The molecule has 0 spiro atoms. The molecule has 0 aromatic heterocycles. The molecule has 140 valence electrons. The number of unbranched alkanes of at least 4 members (excludes halogenated alkanes) is 11. The third-order valence-corrected chi connectivity index (χ3v) is 4.54. The second kappa shape index (κ2) is 20.0. The van der Waals surface area contributed by atoms with Crippen LogP contribution in [-0.4, -0.2) is 12.7 Å². The number of hydrogen-bond donors (Lipinski definition) is 0. The van der Waals surface area contributed by atoms with E-state index in [0.29, 0.717) is 6.10 Å². The smallest absolute Gasteiger partial charge is 0.0930 e. The Morgan fingerprint density at radius 3 is 1.57 bits per heavy atom. The Balaban J connectivity index is 3.46. The fourth-order valence-electron chi connectivity index (χ4n) is 2.88. The second-order valence-electron chi connectivity index (χ2n) is 7.01. The summed E-state index contributed by atoms with van der Waals surface area (Å²) in [5, 5.41) is 0. The van der Waals surface area contributed by atoms with E-state index in [-0.39, 0.29) is 0 Å². The van der Waals surface area contributed by atoms with Gasteiger partial charge in [0.15, 0.2) is 0 Å². The lowest BCUT2D eigenvalue weighted by Gasteiger charge is -2.16. The highest BCUT2D eigenvalue weighted by Gasteiger charge is 2.09. The van der Waals surface area contributed by atoms with Crippen molar-refractivity contribution in [2.75, 3.05) is 6.61 Å². The van der Waals surface area contributed by atoms with E-state index in [1.165, 1.54) is 89.9 Å². The Hall–Kier alpha value is -0.0800. The van der Waals surface area contributed by atoms with E-state index in [1.807, 2.05) is 0 Å². The first-order chi connectivity index (χ1) is 11.3. The molecule has 0 aliphatic carbocycles. The van der Waals surface area contributed by atoms with Crippen molar-refractivity contribution in [1.82, 2.24) is 0 Å². The normalized spacial score (nSPS) is 12.7. The van der Waals surface area contributed by atoms with Crippen molar-refractivity contribution in [3.63, 3.8) is 0 Å². The maximum absolute atomic E-state index is 5.63. The van der Waals surface area contributed by atoms with Crippen LogP contribution in [0.5, 0.6) is 0 Å². The summed E-state index contributed by atoms with van der Waals surface area (Å²) in [7, 11) is 0. The molecule has 0 N–H and O–H groups in total. The first kappa shape index (κ1) is 22.9. The average molecular weight is 329 g/mol. The van der Waals surface area contributed by atoms with Gasteiger partial charge in [-0.25, -0.2) is 9.78 Å². The molecule has 0 aliphatic heterocycles. The lowest BCUT2D eigenvalue weighted by molar-refractivity contribution is -0.326. The van der Waals surface area contributed by atoms with E-state index in [1.54, 1.807) is 0 Å². The monoisotopic (exact) mass is 328 g/mol. The quantitative estimate of drug-likeness (QED) is 0.138. The van der Waals surface area contributed by atoms with Crippen molar-refractivity contribution < 1.29 is 9.78 Å². The van der Waals surface area contributed by atoms with Gasteiger partial charge >= 0.3 is 0 Å². The van der Waals surface area contributed by atoms with E-state index in [2.05, 4.69) is 20.8 Å². The lowest BCUT2D eigenvalue weighted by Crippen LogP contribution is -2.14. The van der Waals surface area contributed by atoms with Gasteiger partial charge in [0.25, 0.3) is 0 Å². The minimum atomic E-state index is 0.320. The van der Waals surface area contributed by atoms with Crippen LogP contribution in [0.25, 0.3) is 0 Å². The fraction of sp³-hybridized carbons (Fsp3) is 1.00. The molecule has 0 aromatic carbocycles. The average Bonchev–Trinajstić information content (AvgIpc) is 2.57. The Kier molecular flexibility index (Phi) is 19.9. The van der Waals surface area contributed by atoms with E-state index < -0.39 is 0 Å². The van der Waals surface area contributed by atoms with Gasteiger partial charge in [-0.2, -0.15) is 0 Å². The molecule has 0 bridgehead atoms. The molecule has 1 unspecified atom stereocenters. The largest absolute Gasteiger partial charge is 0.236 e. The molecular formula is C21H44O2. The van der Waals surface area contributed by atoms with E-state index in [9.17, 15) is 0 Å². The lowest BCUT2D eigenvalue weighted by atomic mass is 10.0. The van der Waals surface area contributed by atoms with Gasteiger partial charge in [-0.1, -0.05) is 104 Å². The van der Waals surface area contributed by atoms with Crippen LogP contribution in [0.4, 0.5) is 0 Å². The van der Waals surface area contributed by atoms with Crippen molar-refractivity contribution in [2.24, 2.45) is 0 Å². The summed E-state index contributed by atoms with van der Waals surface area (Å²) >= 11 is 0. The van der Waals surface area contributed by atoms with Gasteiger partial charge in [-0.05, 0) is 19.3 Å². The van der Waals surface area contributed by atoms with Crippen LogP contribution in [0.1, 0.15) is 124 Å². The van der Waals surface area contributed by atoms with E-state index in [4.69, 9.17) is 9.78 Å². The summed E-state index contributed by atoms with van der Waals surface area (Å²) in [5.74, 6) is 0. The molecule has 23 heavy (non-hydrogen) atoms. The zero-order valence-corrected chi connectivity index (χ0v) is 16.4. The summed E-state index contributed by atoms with van der Waals surface area (Å²) in [6.45, 7) is 7.46. The summed E-state index contributed by atoms with van der Waals surface area (Å²) in [6, 6.07) is 0. The maximum Gasteiger partial charge on any atom is 0.0930 e. The summed E-state index contributed by atoms with van der Waals surface area (Å²) in [5.41, 5.74) is 0. The highest BCUT2D eigenvalue weighted by Crippen LogP contribution is 2.16. The highest BCUT2D eigenvalue weighted by atomic mass is 17.2.